The van der Waals surface area contributed by atoms with Crippen LogP contribution in [0.2, 0.25) is 0 Å². The van der Waals surface area contributed by atoms with Gasteiger partial charge >= 0.3 is 92.7 Å². The SMILES string of the molecule is ClC1=NC(Cl)=IC(I2CC2)=N1. The van der Waals surface area contributed by atoms with E-state index in [9.17, 15) is 0 Å². The van der Waals surface area contributed by atoms with E-state index in [0.29, 0.717) is 8.39 Å². The van der Waals surface area contributed by atoms with Gasteiger partial charge < -0.3 is 0 Å². The predicted octanol–water partition coefficient (Wildman–Crippen LogP) is 2.77. The third kappa shape index (κ3) is 2.35. The van der Waals surface area contributed by atoms with Crippen molar-refractivity contribution in [2.75, 3.05) is 8.86 Å². The van der Waals surface area contributed by atoms with E-state index < -0.39 is 19.8 Å². The molecule has 11 heavy (non-hydrogen) atoms. The molecule has 62 valence electrons. The maximum atomic E-state index is 5.82. The van der Waals surface area contributed by atoms with Crippen molar-refractivity contribution in [3.05, 3.63) is 0 Å². The molecular formula is C5H4Cl2I2N2. The van der Waals surface area contributed by atoms with E-state index in [1.807, 2.05) is 0 Å². The standard InChI is InChI=1S/C5H4Cl2I2N2/c6-3-8-5(9-1-2-9)11-4(7)10-3/h1-2H2. The van der Waals surface area contributed by atoms with Crippen LogP contribution in [-0.2, 0) is 0 Å². The number of hydrogen-bond donors (Lipinski definition) is 0. The summed E-state index contributed by atoms with van der Waals surface area (Å²) in [4.78, 5) is 8.13. The first-order chi connectivity index (χ1) is 5.25. The monoisotopic (exact) mass is 416 g/mol. The Labute approximate surface area is 91.6 Å². The summed E-state index contributed by atoms with van der Waals surface area (Å²) in [5, 5.41) is 0.347. The minimum absolute atomic E-state index is 0.189. The first-order valence-electron chi connectivity index (χ1n) is 2.87. The zero-order chi connectivity index (χ0) is 7.84. The quantitative estimate of drug-likeness (QED) is 0.357. The molecule has 0 atom stereocenters. The molecule has 0 saturated carbocycles. The number of amidine groups is 1. The molecule has 0 bridgehead atoms. The Morgan fingerprint density at radius 1 is 1.27 bits per heavy atom. The van der Waals surface area contributed by atoms with Crippen LogP contribution < -0.4 is 0 Å². The van der Waals surface area contributed by atoms with Crippen LogP contribution in [0.1, 0.15) is 0 Å². The Balaban J connectivity index is 2.28. The molecule has 2 rings (SSSR count). The fraction of sp³-hybridized carbons (Fsp3) is 0.400. The normalized spacial score (nSPS) is 26.4. The molecule has 0 aromatic rings. The van der Waals surface area contributed by atoms with Gasteiger partial charge in [0.1, 0.15) is 0 Å². The first-order valence-corrected chi connectivity index (χ1v) is 9.92. The molecule has 1 fully saturated rings. The van der Waals surface area contributed by atoms with E-state index in [0.717, 1.165) is 0 Å². The Hall–Kier alpha value is 1.25. The summed E-state index contributed by atoms with van der Waals surface area (Å²) in [6.45, 7) is 0. The summed E-state index contributed by atoms with van der Waals surface area (Å²) in [5.74, 6) is 0. The van der Waals surface area contributed by atoms with Crippen molar-refractivity contribution in [2.24, 2.45) is 9.98 Å². The predicted molar refractivity (Wildman–Crippen MR) is 69.4 cm³/mol. The van der Waals surface area contributed by atoms with Crippen LogP contribution in [-0.4, -0.2) is 19.0 Å². The van der Waals surface area contributed by atoms with Gasteiger partial charge in [0.25, 0.3) is 0 Å². The van der Waals surface area contributed by atoms with Gasteiger partial charge in [-0.1, -0.05) is 0 Å². The molecule has 2 nitrogen and oxygen atoms in total. The number of hydrogen-bond acceptors (Lipinski definition) is 2. The number of rotatable bonds is 1. The van der Waals surface area contributed by atoms with Gasteiger partial charge in [0.2, 0.25) is 0 Å². The molecule has 0 aliphatic carbocycles. The van der Waals surface area contributed by atoms with Crippen molar-refractivity contribution >= 4 is 73.9 Å². The topological polar surface area (TPSA) is 24.7 Å². The van der Waals surface area contributed by atoms with Gasteiger partial charge in [-0.15, -0.1) is 0 Å². The Kier molecular flexibility index (Phi) is 2.85. The van der Waals surface area contributed by atoms with Gasteiger partial charge in [0.05, 0.1) is 0 Å². The molecule has 0 aromatic carbocycles. The van der Waals surface area contributed by atoms with Gasteiger partial charge in [-0.3, -0.25) is 0 Å². The fourth-order valence-electron chi connectivity index (χ4n) is 0.573. The summed E-state index contributed by atoms with van der Waals surface area (Å²) in [5.41, 5.74) is 0. The van der Waals surface area contributed by atoms with Crippen LogP contribution in [0.3, 0.4) is 0 Å². The average molecular weight is 417 g/mol. The summed E-state index contributed by atoms with van der Waals surface area (Å²) in [7, 11) is 0. The Morgan fingerprint density at radius 3 is 2.55 bits per heavy atom. The zero-order valence-electron chi connectivity index (χ0n) is 5.32. The molecule has 2 aliphatic heterocycles. The molecule has 1 saturated heterocycles. The minimum atomic E-state index is -0.708. The summed E-state index contributed by atoms with van der Waals surface area (Å²) < 4.78 is 4.91. The van der Waals surface area contributed by atoms with Gasteiger partial charge in [-0.05, 0) is 0 Å². The Bertz CT molecular complexity index is 277. The van der Waals surface area contributed by atoms with Crippen LogP contribution in [0.15, 0.2) is 9.98 Å². The molecular weight excluding hydrogens is 413 g/mol. The van der Waals surface area contributed by atoms with Crippen molar-refractivity contribution in [2.45, 2.75) is 0 Å². The van der Waals surface area contributed by atoms with Crippen molar-refractivity contribution in [1.82, 2.24) is 0 Å². The number of alkyl halides is 2. The van der Waals surface area contributed by atoms with Crippen molar-refractivity contribution in [1.29, 1.82) is 0 Å². The molecule has 0 N–H and O–H groups in total. The second-order valence-electron chi connectivity index (χ2n) is 1.90. The average Bonchev–Trinajstić information content (AvgIpc) is 2.64. The molecule has 6 heteroatoms. The first kappa shape index (κ1) is 8.83. The van der Waals surface area contributed by atoms with Crippen LogP contribution in [0, 0.1) is 0 Å². The third-order valence-corrected chi connectivity index (χ3v) is 12.1. The molecule has 0 unspecified atom stereocenters. The fourth-order valence-corrected chi connectivity index (χ4v) is 12.9. The van der Waals surface area contributed by atoms with Gasteiger partial charge in [0.15, 0.2) is 0 Å². The van der Waals surface area contributed by atoms with E-state index in [2.05, 4.69) is 9.98 Å². The van der Waals surface area contributed by atoms with E-state index in [1.54, 1.807) is 0 Å². The van der Waals surface area contributed by atoms with Crippen LogP contribution in [0.25, 0.3) is 0 Å². The number of nitrogens with zero attached hydrogens (tertiary/aromatic N) is 2. The molecule has 0 aromatic heterocycles. The van der Waals surface area contributed by atoms with Crippen molar-refractivity contribution < 1.29 is 0 Å². The molecule has 0 amide bonds. The van der Waals surface area contributed by atoms with E-state index in [1.165, 1.54) is 10.6 Å². The maximum absolute atomic E-state index is 5.82. The zero-order valence-corrected chi connectivity index (χ0v) is 11.1. The van der Waals surface area contributed by atoms with Crippen LogP contribution in [0.5, 0.6) is 0 Å². The number of aliphatic imine (C=N–C) groups is 2. The third-order valence-electron chi connectivity index (χ3n) is 1.11. The van der Waals surface area contributed by atoms with Gasteiger partial charge in [0, 0.05) is 0 Å². The molecule has 0 radical (unpaired) electrons. The van der Waals surface area contributed by atoms with E-state index in [4.69, 9.17) is 23.2 Å². The molecule has 0 spiro atoms. The molecule has 2 heterocycles. The van der Waals surface area contributed by atoms with Crippen LogP contribution in [0.4, 0.5) is 0 Å². The van der Waals surface area contributed by atoms with Gasteiger partial charge in [-0.25, -0.2) is 0 Å². The second-order valence-corrected chi connectivity index (χ2v) is 13.7. The number of halogens is 4. The van der Waals surface area contributed by atoms with Crippen molar-refractivity contribution in [3.8, 4) is 0 Å². The Morgan fingerprint density at radius 2 is 2.00 bits per heavy atom. The summed E-state index contributed by atoms with van der Waals surface area (Å²) >= 11 is 10.6. The van der Waals surface area contributed by atoms with E-state index in [-0.39, 0.29) is 20.7 Å². The summed E-state index contributed by atoms with van der Waals surface area (Å²) in [6.07, 6.45) is 0. The van der Waals surface area contributed by atoms with Gasteiger partial charge in [-0.2, -0.15) is 0 Å². The second kappa shape index (κ2) is 3.55. The van der Waals surface area contributed by atoms with E-state index >= 15 is 0 Å². The molecule has 2 aliphatic rings. The van der Waals surface area contributed by atoms with Crippen LogP contribution >= 0.6 is 63.8 Å². The summed E-state index contributed by atoms with van der Waals surface area (Å²) in [6, 6.07) is 0. The van der Waals surface area contributed by atoms with Crippen molar-refractivity contribution in [3.63, 3.8) is 0 Å².